The number of hydrogen-bond acceptors (Lipinski definition) is 5. The van der Waals surface area contributed by atoms with Crippen LogP contribution in [-0.4, -0.2) is 40.3 Å². The maximum atomic E-state index is 12.8. The summed E-state index contributed by atoms with van der Waals surface area (Å²) in [7, 11) is 1.30. The molecular weight excluding hydrogens is 360 g/mol. The van der Waals surface area contributed by atoms with Gasteiger partial charge in [0, 0.05) is 17.9 Å². The highest BCUT2D eigenvalue weighted by Gasteiger charge is 2.22. The van der Waals surface area contributed by atoms with E-state index in [1.54, 1.807) is 53.1 Å². The highest BCUT2D eigenvalue weighted by atomic mass is 16.5. The number of carbonyl (C=O) groups is 3. The molecule has 0 aliphatic rings. The molecule has 8 nitrogen and oxygen atoms in total. The van der Waals surface area contributed by atoms with Gasteiger partial charge in [0.2, 0.25) is 5.82 Å². The van der Waals surface area contributed by atoms with Gasteiger partial charge in [0.05, 0.1) is 18.2 Å². The van der Waals surface area contributed by atoms with Gasteiger partial charge in [-0.25, -0.2) is 9.78 Å². The molecular formula is C20H20N4O4. The first kappa shape index (κ1) is 19.1. The van der Waals surface area contributed by atoms with Crippen LogP contribution < -0.4 is 10.6 Å². The van der Waals surface area contributed by atoms with Crippen LogP contribution in [0.25, 0.3) is 5.52 Å². The number of pyridine rings is 1. The minimum atomic E-state index is -0.460. The quantitative estimate of drug-likeness (QED) is 0.662. The fourth-order valence-corrected chi connectivity index (χ4v) is 2.69. The summed E-state index contributed by atoms with van der Waals surface area (Å²) in [4.78, 5) is 40.9. The Labute approximate surface area is 161 Å². The van der Waals surface area contributed by atoms with E-state index in [-0.39, 0.29) is 23.5 Å². The highest BCUT2D eigenvalue weighted by Crippen LogP contribution is 2.17. The topological polar surface area (TPSA) is 102 Å². The van der Waals surface area contributed by atoms with Crippen molar-refractivity contribution >= 4 is 29.0 Å². The molecule has 0 unspecified atom stereocenters. The first-order valence-corrected chi connectivity index (χ1v) is 8.68. The van der Waals surface area contributed by atoms with Crippen LogP contribution in [0.4, 0.5) is 5.69 Å². The number of imidazole rings is 1. The Bertz CT molecular complexity index is 1040. The molecule has 0 bridgehead atoms. The highest BCUT2D eigenvalue weighted by molar-refractivity contribution is 6.09. The molecule has 0 radical (unpaired) electrons. The first-order chi connectivity index (χ1) is 13.4. The zero-order chi connectivity index (χ0) is 20.3. The number of fused-ring (bicyclic) bond motifs is 1. The van der Waals surface area contributed by atoms with Crippen molar-refractivity contribution in [2.24, 2.45) is 0 Å². The molecule has 0 spiro atoms. The van der Waals surface area contributed by atoms with Crippen molar-refractivity contribution in [3.63, 3.8) is 0 Å². The van der Waals surface area contributed by atoms with E-state index in [1.165, 1.54) is 7.11 Å². The molecule has 0 saturated heterocycles. The zero-order valence-electron chi connectivity index (χ0n) is 15.7. The van der Waals surface area contributed by atoms with E-state index in [0.29, 0.717) is 16.8 Å². The lowest BCUT2D eigenvalue weighted by Crippen LogP contribution is -2.31. The second-order valence-corrected chi connectivity index (χ2v) is 6.39. The van der Waals surface area contributed by atoms with Crippen molar-refractivity contribution in [3.8, 4) is 0 Å². The molecule has 28 heavy (non-hydrogen) atoms. The van der Waals surface area contributed by atoms with Gasteiger partial charge >= 0.3 is 5.97 Å². The van der Waals surface area contributed by atoms with Crippen LogP contribution in [0.1, 0.15) is 45.3 Å². The van der Waals surface area contributed by atoms with E-state index >= 15 is 0 Å². The summed E-state index contributed by atoms with van der Waals surface area (Å²) in [5, 5.41) is 5.51. The molecule has 2 heterocycles. The second kappa shape index (κ2) is 7.91. The van der Waals surface area contributed by atoms with E-state index in [0.717, 1.165) is 0 Å². The molecule has 0 aliphatic heterocycles. The van der Waals surface area contributed by atoms with E-state index in [4.69, 9.17) is 0 Å². The normalized spacial score (nSPS) is 10.7. The van der Waals surface area contributed by atoms with Gasteiger partial charge in [-0.3, -0.25) is 14.0 Å². The average Bonchev–Trinajstić information content (AvgIpc) is 3.07. The van der Waals surface area contributed by atoms with Gasteiger partial charge < -0.3 is 15.4 Å². The predicted octanol–water partition coefficient (Wildman–Crippen LogP) is 2.51. The molecule has 144 valence electrons. The van der Waals surface area contributed by atoms with Gasteiger partial charge in [-0.1, -0.05) is 6.07 Å². The Kier molecular flexibility index (Phi) is 5.39. The summed E-state index contributed by atoms with van der Waals surface area (Å²) < 4.78 is 6.23. The lowest BCUT2D eigenvalue weighted by atomic mass is 10.2. The number of nitrogens with one attached hydrogen (secondary N) is 2. The van der Waals surface area contributed by atoms with Crippen molar-refractivity contribution in [1.29, 1.82) is 0 Å². The first-order valence-electron chi connectivity index (χ1n) is 8.68. The Hall–Kier alpha value is -3.68. The zero-order valence-corrected chi connectivity index (χ0v) is 15.7. The van der Waals surface area contributed by atoms with Crippen LogP contribution in [0, 0.1) is 0 Å². The number of nitrogens with zero attached hydrogens (tertiary/aromatic N) is 2. The van der Waals surface area contributed by atoms with Crippen molar-refractivity contribution in [3.05, 3.63) is 65.7 Å². The summed E-state index contributed by atoms with van der Waals surface area (Å²) in [5.74, 6) is -1.15. The third kappa shape index (κ3) is 3.85. The molecule has 3 aromatic rings. The van der Waals surface area contributed by atoms with Gasteiger partial charge in [0.25, 0.3) is 11.8 Å². The maximum Gasteiger partial charge on any atom is 0.337 e. The van der Waals surface area contributed by atoms with Crippen LogP contribution in [0.2, 0.25) is 0 Å². The lowest BCUT2D eigenvalue weighted by molar-refractivity contribution is 0.0600. The predicted molar refractivity (Wildman–Crippen MR) is 104 cm³/mol. The third-order valence-corrected chi connectivity index (χ3v) is 3.95. The van der Waals surface area contributed by atoms with Crippen molar-refractivity contribution < 1.29 is 19.1 Å². The lowest BCUT2D eigenvalue weighted by Gasteiger charge is -2.06. The molecule has 0 saturated carbocycles. The van der Waals surface area contributed by atoms with Crippen molar-refractivity contribution in [2.75, 3.05) is 12.4 Å². The molecule has 0 aliphatic carbocycles. The summed E-state index contributed by atoms with van der Waals surface area (Å²) in [5.41, 5.74) is 1.51. The largest absolute Gasteiger partial charge is 0.465 e. The monoisotopic (exact) mass is 380 g/mol. The van der Waals surface area contributed by atoms with Crippen LogP contribution >= 0.6 is 0 Å². The molecule has 0 fully saturated rings. The fourth-order valence-electron chi connectivity index (χ4n) is 2.69. The van der Waals surface area contributed by atoms with E-state index in [9.17, 15) is 14.4 Å². The van der Waals surface area contributed by atoms with Gasteiger partial charge in [0.1, 0.15) is 0 Å². The summed E-state index contributed by atoms with van der Waals surface area (Å²) in [6.07, 6.45) is 1.68. The Balaban J connectivity index is 1.89. The van der Waals surface area contributed by atoms with Crippen molar-refractivity contribution in [2.45, 2.75) is 19.9 Å². The maximum absolute atomic E-state index is 12.8. The van der Waals surface area contributed by atoms with Crippen molar-refractivity contribution in [1.82, 2.24) is 14.7 Å². The number of aromatic nitrogens is 2. The number of benzene rings is 1. The minimum absolute atomic E-state index is 0.0610. The number of rotatable bonds is 5. The molecule has 3 rings (SSSR count). The number of carbonyl (C=O) groups excluding carboxylic acids is 3. The minimum Gasteiger partial charge on any atom is -0.465 e. The standard InChI is InChI=1S/C20H20N4O4/c1-12(2)21-19(26)17-23-16(15-6-4-5-11-24(15)17)18(25)22-14-9-7-13(8-10-14)20(27)28-3/h4-12H,1-3H3,(H,21,26)(H,22,25). The molecule has 2 aromatic heterocycles. The van der Waals surface area contributed by atoms with E-state index < -0.39 is 11.9 Å². The summed E-state index contributed by atoms with van der Waals surface area (Å²) >= 11 is 0. The Morgan fingerprint density at radius 3 is 2.39 bits per heavy atom. The van der Waals surface area contributed by atoms with E-state index in [2.05, 4.69) is 20.4 Å². The number of hydrogen-bond donors (Lipinski definition) is 2. The number of amides is 2. The van der Waals surface area contributed by atoms with Crippen LogP contribution in [0.3, 0.4) is 0 Å². The molecule has 1 aromatic carbocycles. The Morgan fingerprint density at radius 2 is 1.75 bits per heavy atom. The molecule has 0 atom stereocenters. The van der Waals surface area contributed by atoms with Crippen LogP contribution in [-0.2, 0) is 4.74 Å². The van der Waals surface area contributed by atoms with Crippen LogP contribution in [0.15, 0.2) is 48.7 Å². The smallest absolute Gasteiger partial charge is 0.337 e. The SMILES string of the molecule is COC(=O)c1ccc(NC(=O)c2nc(C(=O)NC(C)C)n3ccccc23)cc1. The number of methoxy groups -OCH3 is 1. The Morgan fingerprint density at radius 1 is 1.04 bits per heavy atom. The fraction of sp³-hybridized carbons (Fsp3) is 0.200. The number of esters is 1. The van der Waals surface area contributed by atoms with Gasteiger partial charge in [-0.05, 0) is 50.2 Å². The molecule has 2 amide bonds. The van der Waals surface area contributed by atoms with Gasteiger partial charge in [0.15, 0.2) is 5.69 Å². The number of anilines is 1. The molecule has 2 N–H and O–H groups in total. The summed E-state index contributed by atoms with van der Waals surface area (Å²) in [6.45, 7) is 3.69. The van der Waals surface area contributed by atoms with Gasteiger partial charge in [-0.15, -0.1) is 0 Å². The number of ether oxygens (including phenoxy) is 1. The van der Waals surface area contributed by atoms with E-state index in [1.807, 2.05) is 13.8 Å². The van der Waals surface area contributed by atoms with Gasteiger partial charge in [-0.2, -0.15) is 0 Å². The summed E-state index contributed by atoms with van der Waals surface area (Å²) in [6, 6.07) is 11.5. The second-order valence-electron chi connectivity index (χ2n) is 6.39. The molecule has 8 heteroatoms. The third-order valence-electron chi connectivity index (χ3n) is 3.95. The average molecular weight is 380 g/mol. The van der Waals surface area contributed by atoms with Crippen LogP contribution in [0.5, 0.6) is 0 Å².